The third-order valence-corrected chi connectivity index (χ3v) is 2.15. The quantitative estimate of drug-likeness (QED) is 0.874. The Morgan fingerprint density at radius 2 is 2.23 bits per heavy atom. The van der Waals surface area contributed by atoms with Crippen LogP contribution < -0.4 is 5.73 Å². The zero-order valence-corrected chi connectivity index (χ0v) is 9.45. The molecular weight excluding hydrogens is 230 g/mol. The van der Waals surface area contributed by atoms with Gasteiger partial charge in [-0.15, -0.1) is 0 Å². The van der Waals surface area contributed by atoms with Crippen molar-refractivity contribution in [3.63, 3.8) is 0 Å². The van der Waals surface area contributed by atoms with Crippen LogP contribution in [0.1, 0.15) is 11.6 Å². The van der Waals surface area contributed by atoms with Gasteiger partial charge >= 0.3 is 0 Å². The highest BCUT2D eigenvalue weighted by molar-refractivity contribution is 9.10. The minimum atomic E-state index is 0.0278. The summed E-state index contributed by atoms with van der Waals surface area (Å²) in [4.78, 5) is 6.13. The van der Waals surface area contributed by atoms with Gasteiger partial charge < -0.3 is 10.6 Å². The molecule has 1 aromatic rings. The van der Waals surface area contributed by atoms with E-state index in [9.17, 15) is 0 Å². The highest BCUT2D eigenvalue weighted by atomic mass is 79.9. The van der Waals surface area contributed by atoms with Crippen molar-refractivity contribution in [2.75, 3.05) is 20.6 Å². The van der Waals surface area contributed by atoms with E-state index in [2.05, 4.69) is 25.8 Å². The number of aromatic nitrogens is 1. The number of nitrogens with zero attached hydrogens (tertiary/aromatic N) is 2. The van der Waals surface area contributed by atoms with Gasteiger partial charge in [-0.1, -0.05) is 0 Å². The molecule has 0 aromatic carbocycles. The summed E-state index contributed by atoms with van der Waals surface area (Å²) in [6, 6.07) is 2.03. The summed E-state index contributed by atoms with van der Waals surface area (Å²) in [7, 11) is 4.01. The topological polar surface area (TPSA) is 42.1 Å². The third kappa shape index (κ3) is 3.42. The lowest BCUT2D eigenvalue weighted by Gasteiger charge is -2.16. The fourth-order valence-electron chi connectivity index (χ4n) is 1.13. The molecule has 0 saturated heterocycles. The molecule has 4 heteroatoms. The first-order valence-electron chi connectivity index (χ1n) is 4.10. The number of hydrogen-bond donors (Lipinski definition) is 1. The molecule has 1 unspecified atom stereocenters. The predicted octanol–water partition coefficient (Wildman–Crippen LogP) is 1.41. The zero-order chi connectivity index (χ0) is 9.84. The van der Waals surface area contributed by atoms with Crippen LogP contribution in [0.25, 0.3) is 0 Å². The maximum atomic E-state index is 5.96. The molecule has 1 heterocycles. The second-order valence-corrected chi connectivity index (χ2v) is 4.22. The van der Waals surface area contributed by atoms with Crippen molar-refractivity contribution < 1.29 is 0 Å². The van der Waals surface area contributed by atoms with Gasteiger partial charge in [0.05, 0.1) is 0 Å². The SMILES string of the molecule is CN(C)CC(N)c1cncc(Br)c1. The molecule has 0 amide bonds. The Morgan fingerprint density at radius 1 is 1.54 bits per heavy atom. The lowest BCUT2D eigenvalue weighted by molar-refractivity contribution is 0.376. The summed E-state index contributed by atoms with van der Waals surface area (Å²) in [6.45, 7) is 0.831. The second kappa shape index (κ2) is 4.69. The van der Waals surface area contributed by atoms with Gasteiger partial charge in [-0.3, -0.25) is 4.98 Å². The van der Waals surface area contributed by atoms with E-state index in [1.54, 1.807) is 12.4 Å². The molecule has 0 radical (unpaired) electrons. The highest BCUT2D eigenvalue weighted by Crippen LogP contribution is 2.15. The van der Waals surface area contributed by atoms with Crippen LogP contribution in [0.3, 0.4) is 0 Å². The number of nitrogens with two attached hydrogens (primary N) is 1. The average Bonchev–Trinajstić information content (AvgIpc) is 2.03. The summed E-state index contributed by atoms with van der Waals surface area (Å²) in [5, 5.41) is 0. The smallest absolute Gasteiger partial charge is 0.0439 e. The van der Waals surface area contributed by atoms with Gasteiger partial charge in [-0.2, -0.15) is 0 Å². The number of hydrogen-bond acceptors (Lipinski definition) is 3. The Labute approximate surface area is 87.1 Å². The number of rotatable bonds is 3. The Kier molecular flexibility index (Phi) is 3.84. The van der Waals surface area contributed by atoms with Crippen LogP contribution in [-0.4, -0.2) is 30.5 Å². The molecule has 0 spiro atoms. The van der Waals surface area contributed by atoms with Crippen molar-refractivity contribution >= 4 is 15.9 Å². The summed E-state index contributed by atoms with van der Waals surface area (Å²) in [5.41, 5.74) is 7.02. The first-order chi connectivity index (χ1) is 6.09. The molecule has 13 heavy (non-hydrogen) atoms. The lowest BCUT2D eigenvalue weighted by Crippen LogP contribution is -2.26. The fraction of sp³-hybridized carbons (Fsp3) is 0.444. The van der Waals surface area contributed by atoms with Crippen LogP contribution in [0.2, 0.25) is 0 Å². The summed E-state index contributed by atoms with van der Waals surface area (Å²) in [5.74, 6) is 0. The van der Waals surface area contributed by atoms with E-state index >= 15 is 0 Å². The van der Waals surface area contributed by atoms with Gasteiger partial charge in [-0.05, 0) is 41.7 Å². The monoisotopic (exact) mass is 243 g/mol. The van der Waals surface area contributed by atoms with Crippen molar-refractivity contribution in [2.24, 2.45) is 5.73 Å². The van der Waals surface area contributed by atoms with Crippen LogP contribution >= 0.6 is 15.9 Å². The lowest BCUT2D eigenvalue weighted by atomic mass is 10.1. The standard InChI is InChI=1S/C9H14BrN3/c1-13(2)6-9(11)7-3-8(10)5-12-4-7/h3-5,9H,6,11H2,1-2H3. The molecule has 1 atom stereocenters. The molecule has 2 N–H and O–H groups in total. The highest BCUT2D eigenvalue weighted by Gasteiger charge is 2.07. The largest absolute Gasteiger partial charge is 0.323 e. The van der Waals surface area contributed by atoms with Crippen molar-refractivity contribution in [3.05, 3.63) is 28.5 Å². The molecule has 0 bridgehead atoms. The fourth-order valence-corrected chi connectivity index (χ4v) is 1.51. The van der Waals surface area contributed by atoms with Crippen molar-refractivity contribution in [2.45, 2.75) is 6.04 Å². The predicted molar refractivity (Wildman–Crippen MR) is 57.4 cm³/mol. The molecule has 0 fully saturated rings. The van der Waals surface area contributed by atoms with Crippen LogP contribution in [0.5, 0.6) is 0 Å². The summed E-state index contributed by atoms with van der Waals surface area (Å²) in [6.07, 6.45) is 3.56. The van der Waals surface area contributed by atoms with Crippen LogP contribution in [0.15, 0.2) is 22.9 Å². The Balaban J connectivity index is 2.71. The minimum absolute atomic E-state index is 0.0278. The Bertz CT molecular complexity index is 275. The van der Waals surface area contributed by atoms with Crippen LogP contribution in [0, 0.1) is 0 Å². The van der Waals surface area contributed by atoms with Crippen LogP contribution in [0.4, 0.5) is 0 Å². The van der Waals surface area contributed by atoms with Crippen molar-refractivity contribution in [1.29, 1.82) is 0 Å². The molecule has 0 aliphatic heterocycles. The maximum Gasteiger partial charge on any atom is 0.0439 e. The van der Waals surface area contributed by atoms with E-state index in [0.29, 0.717) is 0 Å². The van der Waals surface area contributed by atoms with E-state index in [0.717, 1.165) is 16.6 Å². The van der Waals surface area contributed by atoms with E-state index in [1.165, 1.54) is 0 Å². The number of likely N-dealkylation sites (N-methyl/N-ethyl adjacent to an activating group) is 1. The summed E-state index contributed by atoms with van der Waals surface area (Å²) < 4.78 is 0.971. The molecule has 72 valence electrons. The van der Waals surface area contributed by atoms with Gasteiger partial charge in [0.1, 0.15) is 0 Å². The van der Waals surface area contributed by atoms with E-state index in [1.807, 2.05) is 20.2 Å². The second-order valence-electron chi connectivity index (χ2n) is 3.31. The van der Waals surface area contributed by atoms with Gasteiger partial charge in [0.15, 0.2) is 0 Å². The first-order valence-corrected chi connectivity index (χ1v) is 4.89. The molecule has 0 aliphatic carbocycles. The molecule has 1 aromatic heterocycles. The molecular formula is C9H14BrN3. The number of halogens is 1. The van der Waals surface area contributed by atoms with E-state index < -0.39 is 0 Å². The first kappa shape index (κ1) is 10.6. The van der Waals surface area contributed by atoms with Gasteiger partial charge in [0.25, 0.3) is 0 Å². The molecule has 0 aliphatic rings. The summed E-state index contributed by atoms with van der Waals surface area (Å²) >= 11 is 3.36. The molecule has 3 nitrogen and oxygen atoms in total. The van der Waals surface area contributed by atoms with E-state index in [-0.39, 0.29) is 6.04 Å². The van der Waals surface area contributed by atoms with Gasteiger partial charge in [0, 0.05) is 29.5 Å². The zero-order valence-electron chi connectivity index (χ0n) is 7.87. The van der Waals surface area contributed by atoms with Crippen molar-refractivity contribution in [3.8, 4) is 0 Å². The normalized spacial score (nSPS) is 13.3. The van der Waals surface area contributed by atoms with Crippen LogP contribution in [-0.2, 0) is 0 Å². The number of pyridine rings is 1. The van der Waals surface area contributed by atoms with Crippen molar-refractivity contribution in [1.82, 2.24) is 9.88 Å². The van der Waals surface area contributed by atoms with E-state index in [4.69, 9.17) is 5.73 Å². The molecule has 1 rings (SSSR count). The third-order valence-electron chi connectivity index (χ3n) is 1.72. The van der Waals surface area contributed by atoms with Gasteiger partial charge in [-0.25, -0.2) is 0 Å². The minimum Gasteiger partial charge on any atom is -0.323 e. The maximum absolute atomic E-state index is 5.96. The Morgan fingerprint density at radius 3 is 2.77 bits per heavy atom. The molecule has 0 saturated carbocycles. The Hall–Kier alpha value is -0.450. The van der Waals surface area contributed by atoms with Gasteiger partial charge in [0.2, 0.25) is 0 Å². The average molecular weight is 244 g/mol.